The Balaban J connectivity index is 1.51. The summed E-state index contributed by atoms with van der Waals surface area (Å²) >= 11 is 0. The van der Waals surface area contributed by atoms with E-state index < -0.39 is 0 Å². The fourth-order valence-corrected chi connectivity index (χ4v) is 2.10. The van der Waals surface area contributed by atoms with Crippen molar-refractivity contribution in [2.45, 2.75) is 31.8 Å². The summed E-state index contributed by atoms with van der Waals surface area (Å²) in [6.45, 7) is 2.83. The maximum Gasteiger partial charge on any atom is 0.246 e. The number of hydrogen-bond donors (Lipinski definition) is 2. The third-order valence-corrected chi connectivity index (χ3v) is 3.26. The van der Waals surface area contributed by atoms with Crippen LogP contribution in [0, 0.1) is 5.92 Å². The number of rotatable bonds is 5. The minimum Gasteiger partial charge on any atom is -0.366 e. The van der Waals surface area contributed by atoms with Crippen LogP contribution in [0.5, 0.6) is 0 Å². The molecule has 4 nitrogen and oxygen atoms in total. The van der Waals surface area contributed by atoms with Crippen LogP contribution in [0.1, 0.15) is 25.7 Å². The lowest BCUT2D eigenvalue weighted by molar-refractivity contribution is -0.128. The van der Waals surface area contributed by atoms with Crippen LogP contribution in [0.25, 0.3) is 0 Å². The summed E-state index contributed by atoms with van der Waals surface area (Å²) in [6.07, 6.45) is 5.44. The molecule has 0 unspecified atom stereocenters. The molecule has 0 bridgehead atoms. The van der Waals surface area contributed by atoms with Gasteiger partial charge in [-0.3, -0.25) is 4.79 Å². The summed E-state index contributed by atoms with van der Waals surface area (Å²) in [7, 11) is 0. The molecular formula is C11H20N2O2. The topological polar surface area (TPSA) is 50.4 Å². The molecule has 0 aromatic carbocycles. The van der Waals surface area contributed by atoms with Gasteiger partial charge in [-0.15, -0.1) is 0 Å². The minimum atomic E-state index is 0.0359. The number of carbonyl (C=O) groups is 1. The predicted molar refractivity (Wildman–Crippen MR) is 57.6 cm³/mol. The standard InChI is InChI=1S/C11H20N2O2/c14-11(8-15-10-6-12-7-10)13-5-9-3-1-2-4-9/h9-10,12H,1-8H2,(H,13,14). The molecule has 0 atom stereocenters. The molecule has 1 heterocycles. The molecule has 1 saturated carbocycles. The van der Waals surface area contributed by atoms with Gasteiger partial charge < -0.3 is 15.4 Å². The molecule has 2 rings (SSSR count). The van der Waals surface area contributed by atoms with Gasteiger partial charge in [0.15, 0.2) is 0 Å². The first-order valence-corrected chi connectivity index (χ1v) is 5.93. The highest BCUT2D eigenvalue weighted by atomic mass is 16.5. The Morgan fingerprint density at radius 1 is 1.33 bits per heavy atom. The molecule has 0 spiro atoms. The predicted octanol–water partition coefficient (Wildman–Crippen LogP) is 0.281. The van der Waals surface area contributed by atoms with E-state index in [9.17, 15) is 4.79 Å². The van der Waals surface area contributed by atoms with Gasteiger partial charge in [0, 0.05) is 19.6 Å². The first-order valence-electron chi connectivity index (χ1n) is 5.93. The number of hydrogen-bond acceptors (Lipinski definition) is 3. The third-order valence-electron chi connectivity index (χ3n) is 3.26. The second kappa shape index (κ2) is 5.47. The van der Waals surface area contributed by atoms with Gasteiger partial charge in [0.05, 0.1) is 6.10 Å². The first kappa shape index (κ1) is 10.9. The van der Waals surface area contributed by atoms with Crippen molar-refractivity contribution in [2.75, 3.05) is 26.2 Å². The highest BCUT2D eigenvalue weighted by Crippen LogP contribution is 2.23. The monoisotopic (exact) mass is 212 g/mol. The van der Waals surface area contributed by atoms with Gasteiger partial charge in [0.1, 0.15) is 6.61 Å². The molecule has 86 valence electrons. The molecule has 1 saturated heterocycles. The maximum atomic E-state index is 11.4. The lowest BCUT2D eigenvalue weighted by Crippen LogP contribution is -2.49. The van der Waals surface area contributed by atoms with Crippen LogP contribution < -0.4 is 10.6 Å². The van der Waals surface area contributed by atoms with Crippen molar-refractivity contribution < 1.29 is 9.53 Å². The van der Waals surface area contributed by atoms with E-state index in [-0.39, 0.29) is 18.6 Å². The fraction of sp³-hybridized carbons (Fsp3) is 0.909. The Morgan fingerprint density at radius 3 is 2.67 bits per heavy atom. The van der Waals surface area contributed by atoms with Gasteiger partial charge in [-0.25, -0.2) is 0 Å². The molecular weight excluding hydrogens is 192 g/mol. The zero-order valence-electron chi connectivity index (χ0n) is 9.13. The summed E-state index contributed by atoms with van der Waals surface area (Å²) in [6, 6.07) is 0. The van der Waals surface area contributed by atoms with E-state index in [1.807, 2.05) is 0 Å². The van der Waals surface area contributed by atoms with Crippen LogP contribution in [0.2, 0.25) is 0 Å². The highest BCUT2D eigenvalue weighted by Gasteiger charge is 2.19. The van der Waals surface area contributed by atoms with E-state index in [4.69, 9.17) is 4.74 Å². The molecule has 1 aliphatic carbocycles. The van der Waals surface area contributed by atoms with Crippen molar-refractivity contribution in [1.29, 1.82) is 0 Å². The second-order valence-corrected chi connectivity index (χ2v) is 4.55. The number of amides is 1. The normalized spacial score (nSPS) is 22.7. The van der Waals surface area contributed by atoms with Crippen LogP contribution in [0.15, 0.2) is 0 Å². The average molecular weight is 212 g/mol. The van der Waals surface area contributed by atoms with Crippen molar-refractivity contribution in [3.63, 3.8) is 0 Å². The fourth-order valence-electron chi connectivity index (χ4n) is 2.10. The minimum absolute atomic E-state index is 0.0359. The van der Waals surface area contributed by atoms with Gasteiger partial charge in [0.25, 0.3) is 0 Å². The van der Waals surface area contributed by atoms with Gasteiger partial charge in [0.2, 0.25) is 5.91 Å². The number of carbonyl (C=O) groups excluding carboxylic acids is 1. The van der Waals surface area contributed by atoms with E-state index in [1.165, 1.54) is 25.7 Å². The van der Waals surface area contributed by atoms with E-state index in [1.54, 1.807) is 0 Å². The smallest absolute Gasteiger partial charge is 0.246 e. The lowest BCUT2D eigenvalue weighted by Gasteiger charge is -2.26. The Bertz CT molecular complexity index is 211. The second-order valence-electron chi connectivity index (χ2n) is 4.55. The molecule has 2 aliphatic rings. The summed E-state index contributed by atoms with van der Waals surface area (Å²) < 4.78 is 5.38. The van der Waals surface area contributed by atoms with Crippen molar-refractivity contribution in [3.05, 3.63) is 0 Å². The van der Waals surface area contributed by atoms with Crippen LogP contribution in [-0.2, 0) is 9.53 Å². The Labute approximate surface area is 90.8 Å². The van der Waals surface area contributed by atoms with Crippen molar-refractivity contribution in [2.24, 2.45) is 5.92 Å². The SMILES string of the molecule is O=C(COC1CNC1)NCC1CCCC1. The van der Waals surface area contributed by atoms with E-state index in [2.05, 4.69) is 10.6 Å². The molecule has 0 aromatic heterocycles. The summed E-state index contributed by atoms with van der Waals surface area (Å²) in [5, 5.41) is 6.05. The number of ether oxygens (including phenoxy) is 1. The van der Waals surface area contributed by atoms with Crippen molar-refractivity contribution >= 4 is 5.91 Å². The Morgan fingerprint density at radius 2 is 2.07 bits per heavy atom. The van der Waals surface area contributed by atoms with Crippen LogP contribution in [-0.4, -0.2) is 38.3 Å². The highest BCUT2D eigenvalue weighted by molar-refractivity contribution is 5.77. The molecule has 0 aromatic rings. The summed E-state index contributed by atoms with van der Waals surface area (Å²) in [5.74, 6) is 0.744. The van der Waals surface area contributed by atoms with Gasteiger partial charge in [-0.1, -0.05) is 12.8 Å². The lowest BCUT2D eigenvalue weighted by atomic mass is 10.1. The quantitative estimate of drug-likeness (QED) is 0.688. The van der Waals surface area contributed by atoms with E-state index >= 15 is 0 Å². The number of nitrogens with one attached hydrogen (secondary N) is 2. The van der Waals surface area contributed by atoms with Gasteiger partial charge in [-0.05, 0) is 18.8 Å². The molecule has 2 fully saturated rings. The zero-order valence-corrected chi connectivity index (χ0v) is 9.13. The Hall–Kier alpha value is -0.610. The maximum absolute atomic E-state index is 11.4. The Kier molecular flexibility index (Phi) is 3.97. The average Bonchev–Trinajstić information content (AvgIpc) is 2.64. The summed E-state index contributed by atoms with van der Waals surface area (Å²) in [5.41, 5.74) is 0. The van der Waals surface area contributed by atoms with Gasteiger partial charge >= 0.3 is 0 Å². The van der Waals surface area contributed by atoms with E-state index in [0.717, 1.165) is 19.6 Å². The largest absolute Gasteiger partial charge is 0.366 e. The van der Waals surface area contributed by atoms with E-state index in [0.29, 0.717) is 5.92 Å². The molecule has 0 radical (unpaired) electrons. The molecule has 15 heavy (non-hydrogen) atoms. The third kappa shape index (κ3) is 3.47. The molecule has 4 heteroatoms. The zero-order chi connectivity index (χ0) is 10.5. The van der Waals surface area contributed by atoms with Crippen molar-refractivity contribution in [3.8, 4) is 0 Å². The van der Waals surface area contributed by atoms with Crippen LogP contribution in [0.4, 0.5) is 0 Å². The first-order chi connectivity index (χ1) is 7.34. The molecule has 2 N–H and O–H groups in total. The molecule has 1 amide bonds. The van der Waals surface area contributed by atoms with Crippen molar-refractivity contribution in [1.82, 2.24) is 10.6 Å². The molecule has 1 aliphatic heterocycles. The summed E-state index contributed by atoms with van der Waals surface area (Å²) in [4.78, 5) is 11.4. The van der Waals surface area contributed by atoms with Crippen LogP contribution in [0.3, 0.4) is 0 Å². The van der Waals surface area contributed by atoms with Crippen LogP contribution >= 0.6 is 0 Å². The van der Waals surface area contributed by atoms with Gasteiger partial charge in [-0.2, -0.15) is 0 Å².